The van der Waals surface area contributed by atoms with E-state index in [1.807, 2.05) is 24.3 Å². The van der Waals surface area contributed by atoms with E-state index in [0.29, 0.717) is 11.4 Å². The van der Waals surface area contributed by atoms with Gasteiger partial charge in [0, 0.05) is 13.0 Å². The number of anilines is 1. The Bertz CT molecular complexity index is 1260. The van der Waals surface area contributed by atoms with Gasteiger partial charge in [0.1, 0.15) is 23.9 Å². The summed E-state index contributed by atoms with van der Waals surface area (Å²) in [7, 11) is 0. The molecule has 36 heavy (non-hydrogen) atoms. The van der Waals surface area contributed by atoms with Crippen molar-refractivity contribution < 1.29 is 23.8 Å². The first kappa shape index (κ1) is 24.8. The van der Waals surface area contributed by atoms with Crippen LogP contribution in [0.1, 0.15) is 29.2 Å². The largest absolute Gasteiger partial charge is 0.490 e. The normalized spacial score (nSPS) is 14.9. The highest BCUT2D eigenvalue weighted by Gasteiger charge is 2.33. The molecule has 186 valence electrons. The Hall–Kier alpha value is -4.33. The number of nitrogens with zero attached hydrogens (tertiary/aromatic N) is 1. The summed E-state index contributed by atoms with van der Waals surface area (Å²) < 4.78 is 16.5. The summed E-state index contributed by atoms with van der Waals surface area (Å²) in [5.74, 6) is 0.0225. The number of benzene rings is 3. The minimum absolute atomic E-state index is 0.113. The van der Waals surface area contributed by atoms with Crippen LogP contribution < -0.4 is 20.1 Å². The number of esters is 1. The first-order chi connectivity index (χ1) is 17.3. The number of aryl methyl sites for hydroxylation is 3. The SMILES string of the molecule is CC(=O)Oc1cc(N2CC(COc3ccc(CCc4ccc(C)cc4)cc3)OC2=O)ccc1C(=N)N. The number of amidine groups is 1. The van der Waals surface area contributed by atoms with Gasteiger partial charge in [0.05, 0.1) is 17.8 Å². The second kappa shape index (κ2) is 10.9. The van der Waals surface area contributed by atoms with E-state index in [9.17, 15) is 9.59 Å². The maximum Gasteiger partial charge on any atom is 0.414 e. The summed E-state index contributed by atoms with van der Waals surface area (Å²) in [6.45, 7) is 3.81. The molecule has 4 rings (SSSR count). The van der Waals surface area contributed by atoms with Crippen LogP contribution in [0.4, 0.5) is 10.5 Å². The Labute approximate surface area is 210 Å². The fourth-order valence-electron chi connectivity index (χ4n) is 3.94. The van der Waals surface area contributed by atoms with Crippen molar-refractivity contribution in [1.29, 1.82) is 5.41 Å². The summed E-state index contributed by atoms with van der Waals surface area (Å²) >= 11 is 0. The lowest BCUT2D eigenvalue weighted by Gasteiger charge is -2.16. The minimum Gasteiger partial charge on any atom is -0.490 e. The van der Waals surface area contributed by atoms with E-state index in [1.54, 1.807) is 6.07 Å². The van der Waals surface area contributed by atoms with Crippen LogP contribution in [0.5, 0.6) is 11.5 Å². The molecule has 0 spiro atoms. The molecule has 1 aliphatic rings. The molecular weight excluding hydrogens is 458 g/mol. The van der Waals surface area contributed by atoms with Gasteiger partial charge >= 0.3 is 12.1 Å². The maximum absolute atomic E-state index is 12.5. The Balaban J connectivity index is 1.32. The van der Waals surface area contributed by atoms with Crippen LogP contribution in [0, 0.1) is 12.3 Å². The Morgan fingerprint density at radius 2 is 1.69 bits per heavy atom. The number of cyclic esters (lactones) is 1. The van der Waals surface area contributed by atoms with Crippen LogP contribution in [-0.2, 0) is 22.4 Å². The molecule has 0 saturated carbocycles. The van der Waals surface area contributed by atoms with Gasteiger partial charge in [-0.05, 0) is 55.2 Å². The highest BCUT2D eigenvalue weighted by molar-refractivity contribution is 5.99. The van der Waals surface area contributed by atoms with Gasteiger partial charge in [0.15, 0.2) is 6.10 Å². The molecule has 8 nitrogen and oxygen atoms in total. The highest BCUT2D eigenvalue weighted by Crippen LogP contribution is 2.29. The first-order valence-corrected chi connectivity index (χ1v) is 11.7. The van der Waals surface area contributed by atoms with Gasteiger partial charge in [-0.3, -0.25) is 15.1 Å². The molecule has 3 aromatic rings. The van der Waals surface area contributed by atoms with Gasteiger partial charge in [-0.25, -0.2) is 4.79 Å². The van der Waals surface area contributed by atoms with Crippen LogP contribution in [-0.4, -0.2) is 37.2 Å². The third-order valence-corrected chi connectivity index (χ3v) is 5.88. The van der Waals surface area contributed by atoms with Crippen LogP contribution in [0.15, 0.2) is 66.7 Å². The maximum atomic E-state index is 12.5. The molecular formula is C28H29N3O5. The standard InChI is InChI=1S/C28H29N3O5/c1-18-3-5-20(6-4-18)7-8-21-9-12-23(13-10-21)34-17-24-16-31(28(33)36-24)22-11-14-25(27(29)30)26(15-22)35-19(2)32/h3-6,9-15,24H,7-8,16-17H2,1-2H3,(H3,29,30). The van der Waals surface area contributed by atoms with Crippen LogP contribution in [0.2, 0.25) is 0 Å². The molecule has 8 heteroatoms. The lowest BCUT2D eigenvalue weighted by Crippen LogP contribution is -2.27. The van der Waals surface area contributed by atoms with E-state index in [4.69, 9.17) is 25.4 Å². The second-order valence-corrected chi connectivity index (χ2v) is 8.74. The first-order valence-electron chi connectivity index (χ1n) is 11.7. The van der Waals surface area contributed by atoms with Crippen molar-refractivity contribution in [3.63, 3.8) is 0 Å². The highest BCUT2D eigenvalue weighted by atomic mass is 16.6. The van der Waals surface area contributed by atoms with Crippen LogP contribution in [0.3, 0.4) is 0 Å². The quantitative estimate of drug-likeness (QED) is 0.200. The molecule has 1 amide bonds. The van der Waals surface area contributed by atoms with Crippen LogP contribution >= 0.6 is 0 Å². The number of nitrogens with one attached hydrogen (secondary N) is 1. The summed E-state index contributed by atoms with van der Waals surface area (Å²) in [6, 6.07) is 21.2. The molecule has 0 aliphatic carbocycles. The molecule has 1 atom stereocenters. The van der Waals surface area contributed by atoms with Crippen molar-refractivity contribution in [2.45, 2.75) is 32.8 Å². The van der Waals surface area contributed by atoms with Crippen molar-refractivity contribution in [2.75, 3.05) is 18.1 Å². The Kier molecular flexibility index (Phi) is 7.53. The minimum atomic E-state index is -0.550. The zero-order chi connectivity index (χ0) is 25.7. The van der Waals surface area contributed by atoms with Gasteiger partial charge in [-0.1, -0.05) is 42.0 Å². The zero-order valence-electron chi connectivity index (χ0n) is 20.3. The van der Waals surface area contributed by atoms with E-state index in [0.717, 1.165) is 12.8 Å². The lowest BCUT2D eigenvalue weighted by atomic mass is 10.0. The summed E-state index contributed by atoms with van der Waals surface area (Å²) in [4.78, 5) is 25.3. The zero-order valence-corrected chi connectivity index (χ0v) is 20.3. The average molecular weight is 488 g/mol. The number of carbonyl (C=O) groups is 2. The third kappa shape index (κ3) is 6.21. The summed E-state index contributed by atoms with van der Waals surface area (Å²) in [6.07, 6.45) is 0.916. The van der Waals surface area contributed by atoms with E-state index < -0.39 is 18.2 Å². The predicted molar refractivity (Wildman–Crippen MR) is 137 cm³/mol. The molecule has 1 aliphatic heterocycles. The topological polar surface area (TPSA) is 115 Å². The van der Waals surface area contributed by atoms with Crippen molar-refractivity contribution in [3.05, 3.63) is 89.0 Å². The Morgan fingerprint density at radius 3 is 2.31 bits per heavy atom. The fourth-order valence-corrected chi connectivity index (χ4v) is 3.94. The number of hydrogen-bond acceptors (Lipinski definition) is 6. The molecule has 3 aromatic carbocycles. The predicted octanol–water partition coefficient (Wildman–Crippen LogP) is 4.39. The Morgan fingerprint density at radius 1 is 1.06 bits per heavy atom. The molecule has 1 saturated heterocycles. The number of nitrogen functional groups attached to an aromatic ring is 1. The molecule has 0 radical (unpaired) electrons. The van der Waals surface area contributed by atoms with Gasteiger partial charge in [-0.15, -0.1) is 0 Å². The number of ether oxygens (including phenoxy) is 3. The molecule has 0 bridgehead atoms. The van der Waals surface area contributed by atoms with E-state index in [2.05, 4.69) is 31.2 Å². The fraction of sp³-hybridized carbons (Fsp3) is 0.250. The van der Waals surface area contributed by atoms with E-state index in [-0.39, 0.29) is 30.3 Å². The number of carbonyl (C=O) groups excluding carboxylic acids is 2. The summed E-state index contributed by atoms with van der Waals surface area (Å²) in [5.41, 5.74) is 10.1. The molecule has 0 aromatic heterocycles. The monoisotopic (exact) mass is 487 g/mol. The molecule has 3 N–H and O–H groups in total. The van der Waals surface area contributed by atoms with Gasteiger partial charge in [0.25, 0.3) is 0 Å². The third-order valence-electron chi connectivity index (χ3n) is 5.88. The van der Waals surface area contributed by atoms with Crippen molar-refractivity contribution >= 4 is 23.6 Å². The van der Waals surface area contributed by atoms with Gasteiger partial charge < -0.3 is 19.9 Å². The van der Waals surface area contributed by atoms with Crippen LogP contribution in [0.25, 0.3) is 0 Å². The average Bonchev–Trinajstić information content (AvgIpc) is 3.23. The van der Waals surface area contributed by atoms with Crippen molar-refractivity contribution in [3.8, 4) is 11.5 Å². The second-order valence-electron chi connectivity index (χ2n) is 8.74. The lowest BCUT2D eigenvalue weighted by molar-refractivity contribution is -0.131. The van der Waals surface area contributed by atoms with Crippen molar-refractivity contribution in [1.82, 2.24) is 0 Å². The van der Waals surface area contributed by atoms with E-state index >= 15 is 0 Å². The molecule has 1 unspecified atom stereocenters. The van der Waals surface area contributed by atoms with Gasteiger partial charge in [-0.2, -0.15) is 0 Å². The molecule has 1 fully saturated rings. The summed E-state index contributed by atoms with van der Waals surface area (Å²) in [5, 5.41) is 7.66. The van der Waals surface area contributed by atoms with Gasteiger partial charge in [0.2, 0.25) is 0 Å². The number of rotatable bonds is 9. The smallest absolute Gasteiger partial charge is 0.414 e. The number of nitrogens with two attached hydrogens (primary N) is 1. The molecule has 1 heterocycles. The number of amides is 1. The van der Waals surface area contributed by atoms with Crippen molar-refractivity contribution in [2.24, 2.45) is 5.73 Å². The number of hydrogen-bond donors (Lipinski definition) is 2. The van der Waals surface area contributed by atoms with E-state index in [1.165, 1.54) is 40.6 Å².